The van der Waals surface area contributed by atoms with Gasteiger partial charge in [-0.15, -0.1) is 0 Å². The molecule has 0 saturated heterocycles. The summed E-state index contributed by atoms with van der Waals surface area (Å²) in [5.74, 6) is -0.201. The molecule has 0 radical (unpaired) electrons. The van der Waals surface area contributed by atoms with Crippen LogP contribution in [0.3, 0.4) is 0 Å². The maximum absolute atomic E-state index is 13.1. The van der Waals surface area contributed by atoms with Crippen LogP contribution in [0.15, 0.2) is 88.1 Å². The quantitative estimate of drug-likeness (QED) is 0.487. The third-order valence-electron chi connectivity index (χ3n) is 4.55. The van der Waals surface area contributed by atoms with Crippen LogP contribution in [0.4, 0.5) is 0 Å². The van der Waals surface area contributed by atoms with E-state index in [2.05, 4.69) is 5.32 Å². The van der Waals surface area contributed by atoms with Crippen molar-refractivity contribution in [3.8, 4) is 17.1 Å². The standard InChI is InChI=1S/C24H18ClNO4/c25-19-12-6-4-10-17(19)23-24(22(28)18-11-5-7-13-20(18)30-23)29-15-21(27)26-14-16-8-2-1-3-9-16/h1-13H,14-15H2,(H,26,27). The molecule has 0 aliphatic heterocycles. The molecule has 0 spiro atoms. The third-order valence-corrected chi connectivity index (χ3v) is 4.88. The molecule has 150 valence electrons. The molecule has 0 aliphatic rings. The SMILES string of the molecule is O=C(COc1c(-c2ccccc2Cl)oc2ccccc2c1=O)NCc1ccccc1. The van der Waals surface area contributed by atoms with Crippen LogP contribution in [0.2, 0.25) is 5.02 Å². The smallest absolute Gasteiger partial charge is 0.258 e. The number of carbonyl (C=O) groups is 1. The summed E-state index contributed by atoms with van der Waals surface area (Å²) >= 11 is 6.32. The van der Waals surface area contributed by atoms with E-state index >= 15 is 0 Å². The van der Waals surface area contributed by atoms with Gasteiger partial charge in [-0.05, 0) is 29.8 Å². The van der Waals surface area contributed by atoms with Gasteiger partial charge in [-0.2, -0.15) is 0 Å². The van der Waals surface area contributed by atoms with E-state index in [9.17, 15) is 9.59 Å². The second kappa shape index (κ2) is 8.84. The number of rotatable bonds is 6. The van der Waals surface area contributed by atoms with Crippen molar-refractivity contribution < 1.29 is 13.9 Å². The monoisotopic (exact) mass is 419 g/mol. The predicted molar refractivity (Wildman–Crippen MR) is 117 cm³/mol. The van der Waals surface area contributed by atoms with Gasteiger partial charge in [0.15, 0.2) is 12.4 Å². The van der Waals surface area contributed by atoms with E-state index in [0.29, 0.717) is 28.1 Å². The summed E-state index contributed by atoms with van der Waals surface area (Å²) < 4.78 is 11.6. The van der Waals surface area contributed by atoms with Gasteiger partial charge in [-0.25, -0.2) is 0 Å². The first-order valence-electron chi connectivity index (χ1n) is 9.37. The summed E-state index contributed by atoms with van der Waals surface area (Å²) in [5.41, 5.74) is 1.54. The molecule has 0 aliphatic carbocycles. The molecule has 1 N–H and O–H groups in total. The molecular weight excluding hydrogens is 402 g/mol. The zero-order chi connectivity index (χ0) is 20.9. The van der Waals surface area contributed by atoms with Crippen LogP contribution in [-0.4, -0.2) is 12.5 Å². The van der Waals surface area contributed by atoms with Crippen LogP contribution in [0.5, 0.6) is 5.75 Å². The fourth-order valence-electron chi connectivity index (χ4n) is 3.06. The Balaban J connectivity index is 1.63. The van der Waals surface area contributed by atoms with Crippen LogP contribution < -0.4 is 15.5 Å². The van der Waals surface area contributed by atoms with Crippen molar-refractivity contribution in [3.63, 3.8) is 0 Å². The molecule has 5 nitrogen and oxygen atoms in total. The van der Waals surface area contributed by atoms with Crippen LogP contribution in [0.1, 0.15) is 5.56 Å². The van der Waals surface area contributed by atoms with Crippen molar-refractivity contribution in [1.29, 1.82) is 0 Å². The highest BCUT2D eigenvalue weighted by molar-refractivity contribution is 6.33. The van der Waals surface area contributed by atoms with Crippen molar-refractivity contribution in [1.82, 2.24) is 5.32 Å². The second-order valence-electron chi connectivity index (χ2n) is 6.62. The van der Waals surface area contributed by atoms with Gasteiger partial charge < -0.3 is 14.5 Å². The number of benzene rings is 3. The Labute approximate surface area is 177 Å². The van der Waals surface area contributed by atoms with Crippen LogP contribution in [0, 0.1) is 0 Å². The summed E-state index contributed by atoms with van der Waals surface area (Å²) in [6, 6.07) is 23.4. The number of ether oxygens (including phenoxy) is 1. The third kappa shape index (κ3) is 4.21. The van der Waals surface area contributed by atoms with E-state index < -0.39 is 0 Å². The fraction of sp³-hybridized carbons (Fsp3) is 0.0833. The zero-order valence-electron chi connectivity index (χ0n) is 15.9. The minimum Gasteiger partial charge on any atom is -0.476 e. The van der Waals surface area contributed by atoms with Gasteiger partial charge in [0.25, 0.3) is 5.91 Å². The van der Waals surface area contributed by atoms with E-state index in [0.717, 1.165) is 5.56 Å². The highest BCUT2D eigenvalue weighted by atomic mass is 35.5. The van der Waals surface area contributed by atoms with Gasteiger partial charge in [0.2, 0.25) is 11.2 Å². The average molecular weight is 420 g/mol. The number of carbonyl (C=O) groups excluding carboxylic acids is 1. The number of hydrogen-bond acceptors (Lipinski definition) is 4. The molecule has 4 aromatic rings. The van der Waals surface area contributed by atoms with Gasteiger partial charge in [-0.3, -0.25) is 9.59 Å². The van der Waals surface area contributed by atoms with Crippen LogP contribution in [-0.2, 0) is 11.3 Å². The summed E-state index contributed by atoms with van der Waals surface area (Å²) in [5, 5.41) is 3.55. The van der Waals surface area contributed by atoms with Gasteiger partial charge in [-0.1, -0.05) is 66.2 Å². The lowest BCUT2D eigenvalue weighted by molar-refractivity contribution is -0.123. The number of hydrogen-bond donors (Lipinski definition) is 1. The molecule has 1 aromatic heterocycles. The first-order valence-corrected chi connectivity index (χ1v) is 9.75. The second-order valence-corrected chi connectivity index (χ2v) is 7.02. The molecule has 3 aromatic carbocycles. The van der Waals surface area contributed by atoms with Crippen molar-refractivity contribution in [2.45, 2.75) is 6.54 Å². The molecule has 0 saturated carbocycles. The topological polar surface area (TPSA) is 68.5 Å². The van der Waals surface area contributed by atoms with E-state index in [1.165, 1.54) is 0 Å². The number of nitrogens with one attached hydrogen (secondary N) is 1. The molecule has 1 heterocycles. The Morgan fingerprint density at radius 2 is 1.63 bits per heavy atom. The molecule has 4 rings (SSSR count). The molecule has 6 heteroatoms. The average Bonchev–Trinajstić information content (AvgIpc) is 2.78. The lowest BCUT2D eigenvalue weighted by Crippen LogP contribution is -2.29. The number of halogens is 1. The Morgan fingerprint density at radius 1 is 0.933 bits per heavy atom. The molecule has 0 atom stereocenters. The minimum absolute atomic E-state index is 0.0448. The summed E-state index contributed by atoms with van der Waals surface area (Å²) in [6.45, 7) is 0.0418. The maximum Gasteiger partial charge on any atom is 0.258 e. The molecule has 1 amide bonds. The summed E-state index contributed by atoms with van der Waals surface area (Å²) in [6.07, 6.45) is 0. The van der Waals surface area contributed by atoms with E-state index in [1.807, 2.05) is 30.3 Å². The van der Waals surface area contributed by atoms with Crippen LogP contribution >= 0.6 is 11.6 Å². The molecule has 30 heavy (non-hydrogen) atoms. The van der Waals surface area contributed by atoms with Gasteiger partial charge >= 0.3 is 0 Å². The Kier molecular flexibility index (Phi) is 5.82. The highest BCUT2D eigenvalue weighted by Gasteiger charge is 2.20. The normalized spacial score (nSPS) is 10.7. The summed E-state index contributed by atoms with van der Waals surface area (Å²) in [7, 11) is 0. The van der Waals surface area contributed by atoms with Gasteiger partial charge in [0, 0.05) is 12.1 Å². The Morgan fingerprint density at radius 3 is 2.43 bits per heavy atom. The van der Waals surface area contributed by atoms with Crippen LogP contribution in [0.25, 0.3) is 22.3 Å². The van der Waals surface area contributed by atoms with E-state index in [1.54, 1.807) is 48.5 Å². The minimum atomic E-state index is -0.359. The van der Waals surface area contributed by atoms with E-state index in [4.69, 9.17) is 20.8 Å². The Bertz CT molecular complexity index is 1250. The van der Waals surface area contributed by atoms with E-state index in [-0.39, 0.29) is 29.5 Å². The van der Waals surface area contributed by atoms with Gasteiger partial charge in [0.05, 0.1) is 10.4 Å². The highest BCUT2D eigenvalue weighted by Crippen LogP contribution is 2.35. The number of fused-ring (bicyclic) bond motifs is 1. The molecule has 0 fully saturated rings. The van der Waals surface area contributed by atoms with Gasteiger partial charge in [0.1, 0.15) is 5.58 Å². The van der Waals surface area contributed by atoms with Crippen molar-refractivity contribution >= 4 is 28.5 Å². The zero-order valence-corrected chi connectivity index (χ0v) is 16.7. The predicted octanol–water partition coefficient (Wildman–Crippen LogP) is 4.81. The Hall–Kier alpha value is -3.57. The summed E-state index contributed by atoms with van der Waals surface area (Å²) in [4.78, 5) is 25.4. The van der Waals surface area contributed by atoms with Crippen molar-refractivity contribution in [3.05, 3.63) is 99.7 Å². The largest absolute Gasteiger partial charge is 0.476 e. The first kappa shape index (κ1) is 19.7. The fourth-order valence-corrected chi connectivity index (χ4v) is 3.29. The molecule has 0 bridgehead atoms. The molecule has 0 unspecified atom stereocenters. The maximum atomic E-state index is 13.1. The molecular formula is C24H18ClNO4. The van der Waals surface area contributed by atoms with Crippen molar-refractivity contribution in [2.75, 3.05) is 6.61 Å². The number of para-hydroxylation sites is 1. The lowest BCUT2D eigenvalue weighted by atomic mass is 10.1. The number of amides is 1. The first-order chi connectivity index (χ1) is 14.6. The lowest BCUT2D eigenvalue weighted by Gasteiger charge is -2.12. The van der Waals surface area contributed by atoms with Crippen molar-refractivity contribution in [2.24, 2.45) is 0 Å².